The zero-order chi connectivity index (χ0) is 55.0. The molecule has 76 heavy (non-hydrogen) atoms. The van der Waals surface area contributed by atoms with Gasteiger partial charge in [0.15, 0.2) is 6.10 Å². The lowest BCUT2D eigenvalue weighted by atomic mass is 10.0. The SMILES string of the molecule is CC/C=C\C/C=C\C/C=C\C/C=C\C/C=C\C/C=C\CCCCC(=O)OC(COC(=O)CCCCCCCCC/C=C\C/C=C\C/C=C\C/C=C\C/C=C\CC)COC(=O)CCCCCCCCCCCCCCCC. The van der Waals surface area contributed by atoms with E-state index >= 15 is 0 Å². The highest BCUT2D eigenvalue weighted by molar-refractivity contribution is 5.71. The highest BCUT2D eigenvalue weighted by atomic mass is 16.6. The average molecular weight is 1050 g/mol. The Labute approximate surface area is 468 Å². The van der Waals surface area contributed by atoms with Crippen LogP contribution in [0.15, 0.2) is 134 Å². The summed E-state index contributed by atoms with van der Waals surface area (Å²) in [6, 6.07) is 0. The molecular formula is C70H114O6. The number of esters is 3. The Kier molecular flexibility index (Phi) is 59.4. The summed E-state index contributed by atoms with van der Waals surface area (Å²) in [5.74, 6) is -0.954. The number of unbranched alkanes of at least 4 members (excludes halogenated alkanes) is 22. The minimum Gasteiger partial charge on any atom is -0.462 e. The molecule has 1 atom stereocenters. The first-order valence-corrected chi connectivity index (χ1v) is 31.2. The van der Waals surface area contributed by atoms with Crippen LogP contribution in [0.4, 0.5) is 0 Å². The van der Waals surface area contributed by atoms with Crippen LogP contribution in [0.5, 0.6) is 0 Å². The van der Waals surface area contributed by atoms with E-state index in [0.717, 1.165) is 128 Å². The maximum atomic E-state index is 12.9. The average Bonchev–Trinajstić information content (AvgIpc) is 3.42. The fourth-order valence-corrected chi connectivity index (χ4v) is 8.30. The monoisotopic (exact) mass is 1050 g/mol. The van der Waals surface area contributed by atoms with Gasteiger partial charge in [-0.05, 0) is 116 Å². The van der Waals surface area contributed by atoms with Crippen molar-refractivity contribution in [1.82, 2.24) is 0 Å². The summed E-state index contributed by atoms with van der Waals surface area (Å²) >= 11 is 0. The quantitative estimate of drug-likeness (QED) is 0.0261. The lowest BCUT2D eigenvalue weighted by Crippen LogP contribution is -2.30. The molecule has 0 heterocycles. The van der Waals surface area contributed by atoms with Crippen molar-refractivity contribution in [3.63, 3.8) is 0 Å². The van der Waals surface area contributed by atoms with Gasteiger partial charge in [0.2, 0.25) is 0 Å². The molecule has 0 spiro atoms. The predicted molar refractivity (Wildman–Crippen MR) is 329 cm³/mol. The van der Waals surface area contributed by atoms with Crippen LogP contribution in [0.2, 0.25) is 0 Å². The van der Waals surface area contributed by atoms with Crippen LogP contribution in [0.3, 0.4) is 0 Å². The highest BCUT2D eigenvalue weighted by Gasteiger charge is 2.19. The fourth-order valence-electron chi connectivity index (χ4n) is 8.30. The summed E-state index contributed by atoms with van der Waals surface area (Å²) in [6.07, 6.45) is 88.7. The molecule has 430 valence electrons. The number of ether oxygens (including phenoxy) is 3. The predicted octanol–water partition coefficient (Wildman–Crippen LogP) is 21.4. The molecule has 0 N–H and O–H groups in total. The Balaban J connectivity index is 4.48. The van der Waals surface area contributed by atoms with Crippen molar-refractivity contribution < 1.29 is 28.6 Å². The minimum absolute atomic E-state index is 0.101. The third-order valence-corrected chi connectivity index (χ3v) is 12.9. The Morgan fingerprint density at radius 1 is 0.276 bits per heavy atom. The molecule has 6 nitrogen and oxygen atoms in total. The molecule has 0 saturated heterocycles. The molecule has 0 amide bonds. The molecule has 0 bridgehead atoms. The summed E-state index contributed by atoms with van der Waals surface area (Å²) in [4.78, 5) is 38.3. The molecule has 0 aliphatic heterocycles. The number of hydrogen-bond donors (Lipinski definition) is 0. The van der Waals surface area contributed by atoms with E-state index in [-0.39, 0.29) is 37.5 Å². The van der Waals surface area contributed by atoms with Crippen LogP contribution in [0.25, 0.3) is 0 Å². The van der Waals surface area contributed by atoms with E-state index in [9.17, 15) is 14.4 Å². The van der Waals surface area contributed by atoms with Crippen LogP contribution >= 0.6 is 0 Å². The van der Waals surface area contributed by atoms with Crippen molar-refractivity contribution in [1.29, 1.82) is 0 Å². The summed E-state index contributed by atoms with van der Waals surface area (Å²) in [5.41, 5.74) is 0. The van der Waals surface area contributed by atoms with Gasteiger partial charge in [0.05, 0.1) is 0 Å². The second-order valence-corrected chi connectivity index (χ2v) is 20.2. The van der Waals surface area contributed by atoms with E-state index in [0.29, 0.717) is 19.3 Å². The maximum absolute atomic E-state index is 12.9. The van der Waals surface area contributed by atoms with Gasteiger partial charge in [-0.25, -0.2) is 0 Å². The van der Waals surface area contributed by atoms with Crippen molar-refractivity contribution in [2.45, 2.75) is 277 Å². The molecule has 0 rings (SSSR count). The van der Waals surface area contributed by atoms with Crippen LogP contribution in [0, 0.1) is 0 Å². The molecule has 0 aliphatic carbocycles. The van der Waals surface area contributed by atoms with Gasteiger partial charge in [-0.15, -0.1) is 0 Å². The van der Waals surface area contributed by atoms with Gasteiger partial charge in [0.25, 0.3) is 0 Å². The van der Waals surface area contributed by atoms with E-state index in [4.69, 9.17) is 14.2 Å². The fraction of sp³-hybridized carbons (Fsp3) is 0.643. The summed E-state index contributed by atoms with van der Waals surface area (Å²) in [7, 11) is 0. The van der Waals surface area contributed by atoms with Crippen LogP contribution in [-0.2, 0) is 28.6 Å². The second-order valence-electron chi connectivity index (χ2n) is 20.2. The molecule has 6 heteroatoms. The molecule has 0 aromatic carbocycles. The lowest BCUT2D eigenvalue weighted by molar-refractivity contribution is -0.167. The molecule has 0 aromatic rings. The highest BCUT2D eigenvalue weighted by Crippen LogP contribution is 2.15. The van der Waals surface area contributed by atoms with Gasteiger partial charge in [-0.1, -0.05) is 270 Å². The lowest BCUT2D eigenvalue weighted by Gasteiger charge is -2.18. The first-order valence-electron chi connectivity index (χ1n) is 31.2. The minimum atomic E-state index is -0.810. The van der Waals surface area contributed by atoms with Crippen molar-refractivity contribution in [2.24, 2.45) is 0 Å². The van der Waals surface area contributed by atoms with E-state index in [1.807, 2.05) is 0 Å². The zero-order valence-corrected chi connectivity index (χ0v) is 49.2. The van der Waals surface area contributed by atoms with Crippen molar-refractivity contribution in [3.8, 4) is 0 Å². The number of allylic oxidation sites excluding steroid dienone is 22. The zero-order valence-electron chi connectivity index (χ0n) is 49.2. The van der Waals surface area contributed by atoms with Gasteiger partial charge in [-0.3, -0.25) is 14.4 Å². The Bertz CT molecular complexity index is 1630. The molecule has 0 radical (unpaired) electrons. The maximum Gasteiger partial charge on any atom is 0.306 e. The Hall–Kier alpha value is -4.45. The van der Waals surface area contributed by atoms with E-state index in [2.05, 4.69) is 154 Å². The topological polar surface area (TPSA) is 78.9 Å². The summed E-state index contributed by atoms with van der Waals surface area (Å²) < 4.78 is 16.9. The van der Waals surface area contributed by atoms with Gasteiger partial charge in [0, 0.05) is 19.3 Å². The summed E-state index contributed by atoms with van der Waals surface area (Å²) in [5, 5.41) is 0. The molecule has 0 aliphatic rings. The van der Waals surface area contributed by atoms with Crippen LogP contribution < -0.4 is 0 Å². The number of carbonyl (C=O) groups excluding carboxylic acids is 3. The van der Waals surface area contributed by atoms with Gasteiger partial charge < -0.3 is 14.2 Å². The molecular weight excluding hydrogens is 937 g/mol. The van der Waals surface area contributed by atoms with E-state index in [1.54, 1.807) is 0 Å². The summed E-state index contributed by atoms with van der Waals surface area (Å²) in [6.45, 7) is 6.38. The molecule has 0 fully saturated rings. The Morgan fingerprint density at radius 2 is 0.513 bits per heavy atom. The van der Waals surface area contributed by atoms with Crippen molar-refractivity contribution in [3.05, 3.63) is 134 Å². The number of rotatable bonds is 55. The smallest absolute Gasteiger partial charge is 0.306 e. The van der Waals surface area contributed by atoms with Gasteiger partial charge in [0.1, 0.15) is 13.2 Å². The molecule has 1 unspecified atom stereocenters. The second kappa shape index (κ2) is 63.1. The largest absolute Gasteiger partial charge is 0.462 e. The number of carbonyl (C=O) groups is 3. The van der Waals surface area contributed by atoms with Crippen molar-refractivity contribution in [2.75, 3.05) is 13.2 Å². The van der Waals surface area contributed by atoms with Gasteiger partial charge in [-0.2, -0.15) is 0 Å². The van der Waals surface area contributed by atoms with Crippen molar-refractivity contribution >= 4 is 17.9 Å². The third-order valence-electron chi connectivity index (χ3n) is 12.9. The molecule has 0 aromatic heterocycles. The van der Waals surface area contributed by atoms with Gasteiger partial charge >= 0.3 is 17.9 Å². The third kappa shape index (κ3) is 60.4. The first-order chi connectivity index (χ1) is 37.5. The standard InChI is InChI=1S/C70H114O6/c1-4-7-10-13-16-19-22-25-28-30-32-34-35-37-38-40-42-45-48-51-54-57-60-63-69(72)75-66-67(65-74-68(71)62-59-56-53-50-47-44-27-24-21-18-15-12-9-6-3)76-70(73)64-61-58-55-52-49-46-43-41-39-36-33-31-29-26-23-20-17-14-11-8-5-2/h7-8,10-11,16-17,19-20,25-26,28-29,32-34,36-38,41,43,49,52,67H,4-6,9,12-15,18,21-24,27,30-31,35,39-40,42,44-48,50-51,53-66H2,1-3H3/b10-7-,11-8-,19-16-,20-17-,28-25-,29-26-,34-32-,36-33-,38-37-,43-41-,52-49-. The van der Waals surface area contributed by atoms with Crippen LogP contribution in [-0.4, -0.2) is 37.2 Å². The normalized spacial score (nSPS) is 13.0. The Morgan fingerprint density at radius 3 is 0.829 bits per heavy atom. The first kappa shape index (κ1) is 71.5. The molecule has 0 saturated carbocycles. The van der Waals surface area contributed by atoms with E-state index < -0.39 is 6.10 Å². The number of hydrogen-bond acceptors (Lipinski definition) is 6. The van der Waals surface area contributed by atoms with E-state index in [1.165, 1.54) is 96.3 Å². The van der Waals surface area contributed by atoms with Crippen LogP contribution in [0.1, 0.15) is 271 Å².